The minimum atomic E-state index is -0.495. The Morgan fingerprint density at radius 3 is 2.40 bits per heavy atom. The Kier molecular flexibility index (Phi) is 4.79. The van der Waals surface area contributed by atoms with Gasteiger partial charge in [0.1, 0.15) is 5.72 Å². The zero-order valence-corrected chi connectivity index (χ0v) is 9.70. The van der Waals surface area contributed by atoms with Crippen LogP contribution in [-0.4, -0.2) is 12.3 Å². The van der Waals surface area contributed by atoms with E-state index < -0.39 is 5.72 Å². The van der Waals surface area contributed by atoms with E-state index in [1.807, 2.05) is 25.1 Å². The molecule has 1 aromatic carbocycles. The molecule has 15 heavy (non-hydrogen) atoms. The smallest absolute Gasteiger partial charge is 0.120 e. The molecule has 0 fully saturated rings. The summed E-state index contributed by atoms with van der Waals surface area (Å²) in [7, 11) is 0. The second-order valence-corrected chi connectivity index (χ2v) is 3.91. The summed E-state index contributed by atoms with van der Waals surface area (Å²) in [5.41, 5.74) is 6.97. The maximum Gasteiger partial charge on any atom is 0.120 e. The molecule has 0 aliphatic carbocycles. The Morgan fingerprint density at radius 1 is 1.20 bits per heavy atom. The Morgan fingerprint density at radius 2 is 1.87 bits per heavy atom. The summed E-state index contributed by atoms with van der Waals surface area (Å²) in [5, 5.41) is 0. The second-order valence-electron chi connectivity index (χ2n) is 3.91. The molecule has 84 valence electrons. The van der Waals surface area contributed by atoms with Crippen LogP contribution in [0.2, 0.25) is 0 Å². The van der Waals surface area contributed by atoms with Crippen molar-refractivity contribution in [2.75, 3.05) is 6.61 Å². The van der Waals surface area contributed by atoms with Crippen LogP contribution >= 0.6 is 0 Å². The van der Waals surface area contributed by atoms with Gasteiger partial charge in [-0.05, 0) is 18.9 Å². The zero-order chi connectivity index (χ0) is 11.1. The molecule has 2 nitrogen and oxygen atoms in total. The quantitative estimate of drug-likeness (QED) is 0.728. The first kappa shape index (κ1) is 12.2. The molecule has 1 atom stereocenters. The molecule has 0 bridgehead atoms. The number of ether oxygens (including phenoxy) is 1. The van der Waals surface area contributed by atoms with E-state index in [1.54, 1.807) is 0 Å². The standard InChI is InChI=1S/C13H21NO/c1-3-10-13(14,15-4-2)11-12-8-6-5-7-9-12/h5-9H,3-4,10-11,14H2,1-2H3. The van der Waals surface area contributed by atoms with Gasteiger partial charge in [-0.15, -0.1) is 0 Å². The van der Waals surface area contributed by atoms with Gasteiger partial charge in [0.25, 0.3) is 0 Å². The fourth-order valence-corrected chi connectivity index (χ4v) is 1.86. The molecule has 0 heterocycles. The number of nitrogens with two attached hydrogens (primary N) is 1. The highest BCUT2D eigenvalue weighted by Crippen LogP contribution is 2.18. The van der Waals surface area contributed by atoms with Crippen molar-refractivity contribution < 1.29 is 4.74 Å². The fraction of sp³-hybridized carbons (Fsp3) is 0.538. The lowest BCUT2D eigenvalue weighted by Gasteiger charge is -2.29. The van der Waals surface area contributed by atoms with Crippen molar-refractivity contribution >= 4 is 0 Å². The monoisotopic (exact) mass is 207 g/mol. The van der Waals surface area contributed by atoms with Crippen LogP contribution in [0.25, 0.3) is 0 Å². The zero-order valence-electron chi connectivity index (χ0n) is 9.70. The number of hydrogen-bond donors (Lipinski definition) is 1. The SMILES string of the molecule is CCCC(N)(Cc1ccccc1)OCC. The molecule has 0 amide bonds. The average molecular weight is 207 g/mol. The minimum absolute atomic E-state index is 0.495. The van der Waals surface area contributed by atoms with Crippen LogP contribution in [0.5, 0.6) is 0 Å². The third kappa shape index (κ3) is 4.02. The van der Waals surface area contributed by atoms with Crippen molar-refractivity contribution in [2.24, 2.45) is 5.73 Å². The molecule has 0 aliphatic rings. The maximum atomic E-state index is 6.23. The van der Waals surface area contributed by atoms with Gasteiger partial charge in [-0.25, -0.2) is 0 Å². The molecule has 0 saturated heterocycles. The van der Waals surface area contributed by atoms with Gasteiger partial charge >= 0.3 is 0 Å². The molecular formula is C13H21NO. The van der Waals surface area contributed by atoms with Crippen molar-refractivity contribution in [3.8, 4) is 0 Å². The van der Waals surface area contributed by atoms with Crippen molar-refractivity contribution in [3.05, 3.63) is 35.9 Å². The summed E-state index contributed by atoms with van der Waals surface area (Å²) in [6.07, 6.45) is 2.73. The van der Waals surface area contributed by atoms with Gasteiger partial charge in [0, 0.05) is 13.0 Å². The van der Waals surface area contributed by atoms with Crippen molar-refractivity contribution in [3.63, 3.8) is 0 Å². The van der Waals surface area contributed by atoms with Gasteiger partial charge in [0.05, 0.1) is 0 Å². The lowest BCUT2D eigenvalue weighted by Crippen LogP contribution is -2.44. The molecule has 2 N–H and O–H groups in total. The molecule has 0 saturated carbocycles. The molecule has 0 aromatic heterocycles. The summed E-state index contributed by atoms with van der Waals surface area (Å²) in [5.74, 6) is 0. The van der Waals surface area contributed by atoms with E-state index in [9.17, 15) is 0 Å². The van der Waals surface area contributed by atoms with Gasteiger partial charge in [-0.2, -0.15) is 0 Å². The van der Waals surface area contributed by atoms with Gasteiger partial charge in [-0.1, -0.05) is 43.7 Å². The van der Waals surface area contributed by atoms with Crippen LogP contribution in [0.3, 0.4) is 0 Å². The van der Waals surface area contributed by atoms with E-state index in [4.69, 9.17) is 10.5 Å². The van der Waals surface area contributed by atoms with Crippen LogP contribution in [0.1, 0.15) is 32.3 Å². The topological polar surface area (TPSA) is 35.2 Å². The first-order valence-electron chi connectivity index (χ1n) is 5.67. The first-order chi connectivity index (χ1) is 7.20. The molecule has 1 unspecified atom stereocenters. The van der Waals surface area contributed by atoms with E-state index in [1.165, 1.54) is 5.56 Å². The molecule has 2 heteroatoms. The largest absolute Gasteiger partial charge is 0.361 e. The van der Waals surface area contributed by atoms with Gasteiger partial charge in [0.15, 0.2) is 0 Å². The van der Waals surface area contributed by atoms with E-state index in [0.717, 1.165) is 19.3 Å². The highest BCUT2D eigenvalue weighted by atomic mass is 16.5. The van der Waals surface area contributed by atoms with Crippen LogP contribution in [0.4, 0.5) is 0 Å². The molecule has 1 rings (SSSR count). The molecule has 0 aliphatic heterocycles. The van der Waals surface area contributed by atoms with E-state index in [2.05, 4.69) is 19.1 Å². The normalized spacial score (nSPS) is 14.9. The Labute approximate surface area is 92.4 Å². The lowest BCUT2D eigenvalue weighted by molar-refractivity contribution is -0.0410. The third-order valence-electron chi connectivity index (χ3n) is 2.45. The predicted molar refractivity (Wildman–Crippen MR) is 63.6 cm³/mol. The maximum absolute atomic E-state index is 6.23. The third-order valence-corrected chi connectivity index (χ3v) is 2.45. The van der Waals surface area contributed by atoms with Gasteiger partial charge < -0.3 is 10.5 Å². The van der Waals surface area contributed by atoms with Crippen LogP contribution in [0, 0.1) is 0 Å². The minimum Gasteiger partial charge on any atom is -0.361 e. The van der Waals surface area contributed by atoms with E-state index in [-0.39, 0.29) is 0 Å². The van der Waals surface area contributed by atoms with Gasteiger partial charge in [-0.3, -0.25) is 0 Å². The number of rotatable bonds is 6. The Hall–Kier alpha value is -0.860. The van der Waals surface area contributed by atoms with Crippen molar-refractivity contribution in [1.82, 2.24) is 0 Å². The highest BCUT2D eigenvalue weighted by molar-refractivity contribution is 5.16. The van der Waals surface area contributed by atoms with Crippen LogP contribution < -0.4 is 5.73 Å². The average Bonchev–Trinajstić information content (AvgIpc) is 2.19. The van der Waals surface area contributed by atoms with Crippen molar-refractivity contribution in [2.45, 2.75) is 38.8 Å². The molecule has 1 aromatic rings. The fourth-order valence-electron chi connectivity index (χ4n) is 1.86. The summed E-state index contributed by atoms with van der Waals surface area (Å²) < 4.78 is 5.65. The van der Waals surface area contributed by atoms with Gasteiger partial charge in [0.2, 0.25) is 0 Å². The molecular weight excluding hydrogens is 186 g/mol. The Bertz CT molecular complexity index is 265. The second kappa shape index (κ2) is 5.89. The van der Waals surface area contributed by atoms with Crippen molar-refractivity contribution in [1.29, 1.82) is 0 Å². The summed E-state index contributed by atoms with van der Waals surface area (Å²) in [4.78, 5) is 0. The lowest BCUT2D eigenvalue weighted by atomic mass is 9.99. The summed E-state index contributed by atoms with van der Waals surface area (Å²) >= 11 is 0. The predicted octanol–water partition coefficient (Wildman–Crippen LogP) is 2.72. The number of hydrogen-bond acceptors (Lipinski definition) is 2. The summed E-state index contributed by atoms with van der Waals surface area (Å²) in [6, 6.07) is 10.3. The first-order valence-corrected chi connectivity index (χ1v) is 5.67. The Balaban J connectivity index is 2.66. The van der Waals surface area contributed by atoms with E-state index in [0.29, 0.717) is 6.61 Å². The number of benzene rings is 1. The van der Waals surface area contributed by atoms with E-state index >= 15 is 0 Å². The molecule has 0 radical (unpaired) electrons. The van der Waals surface area contributed by atoms with Crippen LogP contribution in [0.15, 0.2) is 30.3 Å². The highest BCUT2D eigenvalue weighted by Gasteiger charge is 2.24. The summed E-state index contributed by atoms with van der Waals surface area (Å²) in [6.45, 7) is 4.79. The van der Waals surface area contributed by atoms with Crippen LogP contribution in [-0.2, 0) is 11.2 Å². The molecule has 0 spiro atoms.